The van der Waals surface area contributed by atoms with Crippen LogP contribution in [0.15, 0.2) is 77.7 Å². The van der Waals surface area contributed by atoms with Gasteiger partial charge in [-0.25, -0.2) is 12.7 Å². The molecular weight excluding hydrogens is 585 g/mol. The molecule has 0 radical (unpaired) electrons. The minimum absolute atomic E-state index is 0.0266. The Morgan fingerprint density at radius 3 is 2.34 bits per heavy atom. The molecule has 4 rings (SSSR count). The number of halogens is 2. The summed E-state index contributed by atoms with van der Waals surface area (Å²) in [7, 11) is -4.09. The number of carbonyl (C=O) groups excluding carboxylic acids is 3. The number of nitrogens with one attached hydrogen (secondary N) is 1. The van der Waals surface area contributed by atoms with E-state index >= 15 is 0 Å². The van der Waals surface area contributed by atoms with Gasteiger partial charge in [0.2, 0.25) is 11.8 Å². The van der Waals surface area contributed by atoms with Crippen LogP contribution in [0.4, 0.5) is 0 Å². The maximum Gasteiger partial charge on any atom is 0.269 e. The smallest absolute Gasteiger partial charge is 0.269 e. The summed E-state index contributed by atoms with van der Waals surface area (Å²) in [5.74, 6) is -1.54. The Balaban J connectivity index is 1.66. The summed E-state index contributed by atoms with van der Waals surface area (Å²) in [5, 5.41) is 3.72. The number of carbonyl (C=O) groups is 3. The van der Waals surface area contributed by atoms with E-state index < -0.39 is 27.9 Å². The van der Waals surface area contributed by atoms with Gasteiger partial charge in [0, 0.05) is 42.0 Å². The Labute approximate surface area is 250 Å². The highest BCUT2D eigenvalue weighted by atomic mass is 35.5. The molecule has 11 heteroatoms. The van der Waals surface area contributed by atoms with Crippen molar-refractivity contribution in [2.45, 2.75) is 56.6 Å². The average molecular weight is 617 g/mol. The molecule has 3 amide bonds. The first-order chi connectivity index (χ1) is 19.5. The van der Waals surface area contributed by atoms with Crippen LogP contribution < -0.4 is 5.32 Å². The van der Waals surface area contributed by atoms with Gasteiger partial charge < -0.3 is 10.2 Å². The minimum atomic E-state index is -4.09. The van der Waals surface area contributed by atoms with Crippen LogP contribution in [-0.4, -0.2) is 54.0 Å². The zero-order chi connectivity index (χ0) is 29.7. The third-order valence-electron chi connectivity index (χ3n) is 7.07. The maximum absolute atomic E-state index is 13.9. The summed E-state index contributed by atoms with van der Waals surface area (Å²) in [6.07, 6.45) is 0.578. The van der Waals surface area contributed by atoms with Gasteiger partial charge in [-0.05, 0) is 48.7 Å². The summed E-state index contributed by atoms with van der Waals surface area (Å²) in [6.45, 7) is 3.42. The molecule has 2 atom stereocenters. The Morgan fingerprint density at radius 1 is 1.00 bits per heavy atom. The van der Waals surface area contributed by atoms with Crippen molar-refractivity contribution in [3.05, 3.63) is 99.5 Å². The van der Waals surface area contributed by atoms with Crippen LogP contribution in [0, 0.1) is 0 Å². The fourth-order valence-electron chi connectivity index (χ4n) is 4.62. The highest BCUT2D eigenvalue weighted by Gasteiger charge is 2.41. The van der Waals surface area contributed by atoms with Crippen LogP contribution in [0.25, 0.3) is 0 Å². The third-order valence-corrected chi connectivity index (χ3v) is 9.50. The third kappa shape index (κ3) is 6.92. The first-order valence-electron chi connectivity index (χ1n) is 13.3. The number of hydrogen-bond acceptors (Lipinski definition) is 5. The predicted octanol–water partition coefficient (Wildman–Crippen LogP) is 5.08. The average Bonchev–Trinajstić information content (AvgIpc) is 3.15. The number of nitrogens with zero attached hydrogens (tertiary/aromatic N) is 2. The van der Waals surface area contributed by atoms with Crippen molar-refractivity contribution < 1.29 is 22.8 Å². The molecule has 0 spiro atoms. The summed E-state index contributed by atoms with van der Waals surface area (Å²) in [6, 6.07) is 19.0. The van der Waals surface area contributed by atoms with E-state index in [-0.39, 0.29) is 48.3 Å². The molecule has 216 valence electrons. The second-order valence-electron chi connectivity index (χ2n) is 9.91. The lowest BCUT2D eigenvalue weighted by Gasteiger charge is -2.33. The van der Waals surface area contributed by atoms with Crippen LogP contribution in [-0.2, 0) is 32.6 Å². The number of rotatable bonds is 11. The van der Waals surface area contributed by atoms with E-state index in [2.05, 4.69) is 5.32 Å². The van der Waals surface area contributed by atoms with Crippen LogP contribution in [0.1, 0.15) is 48.2 Å². The van der Waals surface area contributed by atoms with Crippen LogP contribution in [0.5, 0.6) is 0 Å². The number of fused-ring (bicyclic) bond motifs is 1. The van der Waals surface area contributed by atoms with Crippen molar-refractivity contribution in [1.82, 2.24) is 14.5 Å². The molecule has 0 unspecified atom stereocenters. The first-order valence-corrected chi connectivity index (χ1v) is 15.5. The fraction of sp³-hybridized carbons (Fsp3) is 0.300. The normalized spacial score (nSPS) is 15.2. The first kappa shape index (κ1) is 30.6. The van der Waals surface area contributed by atoms with Gasteiger partial charge in [0.25, 0.3) is 15.9 Å². The molecule has 1 N–H and O–H groups in total. The number of sulfonamides is 1. The van der Waals surface area contributed by atoms with Crippen molar-refractivity contribution in [1.29, 1.82) is 0 Å². The van der Waals surface area contributed by atoms with Gasteiger partial charge in [0.05, 0.1) is 5.56 Å². The molecule has 8 nitrogen and oxygen atoms in total. The quantitative estimate of drug-likeness (QED) is 0.324. The lowest BCUT2D eigenvalue weighted by molar-refractivity contribution is -0.141. The van der Waals surface area contributed by atoms with Crippen molar-refractivity contribution in [2.75, 3.05) is 6.54 Å². The predicted molar refractivity (Wildman–Crippen MR) is 158 cm³/mol. The lowest BCUT2D eigenvalue weighted by Crippen LogP contribution is -2.52. The van der Waals surface area contributed by atoms with Crippen molar-refractivity contribution in [2.24, 2.45) is 0 Å². The molecule has 3 aromatic rings. The maximum atomic E-state index is 13.9. The highest BCUT2D eigenvalue weighted by Crippen LogP contribution is 2.30. The Kier molecular flexibility index (Phi) is 9.73. The van der Waals surface area contributed by atoms with E-state index in [1.165, 1.54) is 17.0 Å². The topological polar surface area (TPSA) is 104 Å². The van der Waals surface area contributed by atoms with Gasteiger partial charge in [0.15, 0.2) is 0 Å². The molecule has 0 saturated heterocycles. The minimum Gasteiger partial charge on any atom is -0.352 e. The Morgan fingerprint density at radius 2 is 1.68 bits per heavy atom. The standard InChI is InChI=1S/C30H31Cl2N3O5S/c1-3-20(2)33-29(37)26(17-21-9-5-4-6-10-21)34(19-22-13-14-23(31)18-25(22)32)28(36)15-16-35-30(38)24-11-7-8-12-27(24)41(35,39)40/h4-14,18,20,26H,3,15-17,19H2,1-2H3,(H,33,37)/t20-,26+/m1/s1. The fourth-order valence-corrected chi connectivity index (χ4v) is 6.66. The van der Waals surface area contributed by atoms with E-state index in [0.717, 1.165) is 5.56 Å². The van der Waals surface area contributed by atoms with Crippen LogP contribution >= 0.6 is 23.2 Å². The van der Waals surface area contributed by atoms with Crippen molar-refractivity contribution in [3.8, 4) is 0 Å². The van der Waals surface area contributed by atoms with Crippen molar-refractivity contribution >= 4 is 50.9 Å². The van der Waals surface area contributed by atoms with Gasteiger partial charge >= 0.3 is 0 Å². The van der Waals surface area contributed by atoms with Gasteiger partial charge in [0.1, 0.15) is 10.9 Å². The second-order valence-corrected chi connectivity index (χ2v) is 12.6. The molecule has 0 bridgehead atoms. The van der Waals surface area contributed by atoms with Crippen LogP contribution in [0.3, 0.4) is 0 Å². The molecule has 0 aliphatic carbocycles. The lowest BCUT2D eigenvalue weighted by atomic mass is 10.0. The molecule has 0 saturated carbocycles. The summed E-state index contributed by atoms with van der Waals surface area (Å²) in [4.78, 5) is 41.8. The van der Waals surface area contributed by atoms with E-state index in [4.69, 9.17) is 23.2 Å². The monoisotopic (exact) mass is 615 g/mol. The molecule has 1 aliphatic heterocycles. The van der Waals surface area contributed by atoms with E-state index in [1.807, 2.05) is 44.2 Å². The van der Waals surface area contributed by atoms with Gasteiger partial charge in [-0.2, -0.15) is 0 Å². The number of hydrogen-bond donors (Lipinski definition) is 1. The van der Waals surface area contributed by atoms with Gasteiger partial charge in [-0.1, -0.05) is 78.7 Å². The summed E-state index contributed by atoms with van der Waals surface area (Å²) in [5.41, 5.74) is 1.47. The molecule has 0 aromatic heterocycles. The SMILES string of the molecule is CC[C@@H](C)NC(=O)[C@H](Cc1ccccc1)N(Cc1ccc(Cl)cc1Cl)C(=O)CCN1C(=O)c2ccccc2S1(=O)=O. The molecule has 0 fully saturated rings. The zero-order valence-electron chi connectivity index (χ0n) is 22.7. The molecular formula is C30H31Cl2N3O5S. The Bertz CT molecular complexity index is 1550. The highest BCUT2D eigenvalue weighted by molar-refractivity contribution is 7.90. The summed E-state index contributed by atoms with van der Waals surface area (Å²) < 4.78 is 26.9. The van der Waals surface area contributed by atoms with E-state index in [9.17, 15) is 22.8 Å². The molecule has 1 heterocycles. The molecule has 3 aromatic carbocycles. The largest absolute Gasteiger partial charge is 0.352 e. The number of benzene rings is 3. The van der Waals surface area contributed by atoms with Gasteiger partial charge in [-0.15, -0.1) is 0 Å². The van der Waals surface area contributed by atoms with Crippen molar-refractivity contribution in [3.63, 3.8) is 0 Å². The second kappa shape index (κ2) is 13.1. The van der Waals surface area contributed by atoms with Crippen LogP contribution in [0.2, 0.25) is 10.0 Å². The molecule has 41 heavy (non-hydrogen) atoms. The zero-order valence-corrected chi connectivity index (χ0v) is 25.0. The van der Waals surface area contributed by atoms with E-state index in [0.29, 0.717) is 26.3 Å². The number of amides is 3. The Hall–Kier alpha value is -3.40. The van der Waals surface area contributed by atoms with Gasteiger partial charge in [-0.3, -0.25) is 14.4 Å². The summed E-state index contributed by atoms with van der Waals surface area (Å²) >= 11 is 12.6. The van der Waals surface area contributed by atoms with E-state index in [1.54, 1.807) is 30.3 Å². The molecule has 1 aliphatic rings.